The maximum Gasteiger partial charge on any atom is 0.306 e. The Hall–Kier alpha value is -0.870. The summed E-state index contributed by atoms with van der Waals surface area (Å²) >= 11 is 1.85. The molecule has 0 unspecified atom stereocenters. The van der Waals surface area contributed by atoms with Crippen LogP contribution < -0.4 is 5.32 Å². The second-order valence-electron chi connectivity index (χ2n) is 5.63. The van der Waals surface area contributed by atoms with Crippen molar-refractivity contribution in [3.63, 3.8) is 0 Å². The lowest BCUT2D eigenvalue weighted by atomic mass is 9.82. The standard InChI is InChI=1S/C15H23NO2S/c1-10-7-14(11(2)19-10)9-16-8-12-3-5-13(6-4-12)15(17)18/h7,12-13,16H,3-6,8-9H2,1-2H3,(H,17,18). The summed E-state index contributed by atoms with van der Waals surface area (Å²) in [4.78, 5) is 13.7. The summed E-state index contributed by atoms with van der Waals surface area (Å²) in [6.07, 6.45) is 3.79. The molecule has 1 aromatic rings. The van der Waals surface area contributed by atoms with E-state index in [0.29, 0.717) is 5.92 Å². The Balaban J connectivity index is 1.70. The molecule has 0 amide bonds. The fourth-order valence-corrected chi connectivity index (χ4v) is 3.83. The fourth-order valence-electron chi connectivity index (χ4n) is 2.88. The van der Waals surface area contributed by atoms with Gasteiger partial charge in [-0.25, -0.2) is 0 Å². The topological polar surface area (TPSA) is 49.3 Å². The monoisotopic (exact) mass is 281 g/mol. The summed E-state index contributed by atoms with van der Waals surface area (Å²) in [6.45, 7) is 6.27. The zero-order chi connectivity index (χ0) is 13.8. The first-order valence-electron chi connectivity index (χ1n) is 7.05. The normalized spacial score (nSPS) is 23.5. The molecule has 19 heavy (non-hydrogen) atoms. The van der Waals surface area contributed by atoms with Gasteiger partial charge in [0.25, 0.3) is 0 Å². The summed E-state index contributed by atoms with van der Waals surface area (Å²) in [5.74, 6) is -0.0653. The number of thiophene rings is 1. The van der Waals surface area contributed by atoms with Crippen LogP contribution in [0.25, 0.3) is 0 Å². The van der Waals surface area contributed by atoms with Crippen molar-refractivity contribution < 1.29 is 9.90 Å². The number of carbonyl (C=O) groups is 1. The molecule has 1 saturated carbocycles. The quantitative estimate of drug-likeness (QED) is 0.870. The summed E-state index contributed by atoms with van der Waals surface area (Å²) in [5.41, 5.74) is 1.40. The third-order valence-electron chi connectivity index (χ3n) is 4.09. The molecule has 1 heterocycles. The Labute approximate surface area is 119 Å². The van der Waals surface area contributed by atoms with E-state index in [-0.39, 0.29) is 5.92 Å². The highest BCUT2D eigenvalue weighted by molar-refractivity contribution is 7.12. The van der Waals surface area contributed by atoms with Gasteiger partial charge in [0.15, 0.2) is 0 Å². The number of carboxylic acid groups (broad SMARTS) is 1. The lowest BCUT2D eigenvalue weighted by molar-refractivity contribution is -0.143. The number of hydrogen-bond donors (Lipinski definition) is 2. The Morgan fingerprint density at radius 3 is 2.58 bits per heavy atom. The van der Waals surface area contributed by atoms with E-state index in [4.69, 9.17) is 5.11 Å². The van der Waals surface area contributed by atoms with Gasteiger partial charge in [0.2, 0.25) is 0 Å². The van der Waals surface area contributed by atoms with E-state index in [1.807, 2.05) is 11.3 Å². The summed E-state index contributed by atoms with van der Waals surface area (Å²) in [5, 5.41) is 12.5. The third kappa shape index (κ3) is 4.05. The van der Waals surface area contributed by atoms with Gasteiger partial charge in [-0.3, -0.25) is 4.79 Å². The molecule has 0 spiro atoms. The summed E-state index contributed by atoms with van der Waals surface area (Å²) < 4.78 is 0. The molecule has 2 N–H and O–H groups in total. The van der Waals surface area contributed by atoms with Crippen LogP contribution in [0, 0.1) is 25.7 Å². The van der Waals surface area contributed by atoms with Crippen molar-refractivity contribution in [1.29, 1.82) is 0 Å². The fraction of sp³-hybridized carbons (Fsp3) is 0.667. The number of carboxylic acids is 1. The van der Waals surface area contributed by atoms with Crippen molar-refractivity contribution in [3.8, 4) is 0 Å². The zero-order valence-electron chi connectivity index (χ0n) is 11.7. The van der Waals surface area contributed by atoms with Gasteiger partial charge < -0.3 is 10.4 Å². The number of nitrogens with one attached hydrogen (secondary N) is 1. The molecule has 2 rings (SSSR count). The van der Waals surface area contributed by atoms with E-state index in [9.17, 15) is 4.79 Å². The Kier molecular flexibility index (Phi) is 4.99. The largest absolute Gasteiger partial charge is 0.481 e. The minimum Gasteiger partial charge on any atom is -0.481 e. The van der Waals surface area contributed by atoms with E-state index in [2.05, 4.69) is 25.2 Å². The molecule has 4 heteroatoms. The maximum atomic E-state index is 10.9. The Morgan fingerprint density at radius 1 is 1.37 bits per heavy atom. The predicted octanol–water partition coefficient (Wildman–Crippen LogP) is 3.35. The van der Waals surface area contributed by atoms with Crippen LogP contribution in [0.5, 0.6) is 0 Å². The van der Waals surface area contributed by atoms with Crippen LogP contribution in [0.15, 0.2) is 6.07 Å². The first-order valence-corrected chi connectivity index (χ1v) is 7.87. The van der Waals surface area contributed by atoms with Crippen molar-refractivity contribution in [2.24, 2.45) is 11.8 Å². The number of aliphatic carboxylic acids is 1. The van der Waals surface area contributed by atoms with Crippen LogP contribution in [0.4, 0.5) is 0 Å². The average molecular weight is 281 g/mol. The van der Waals surface area contributed by atoms with Crippen molar-refractivity contribution in [3.05, 3.63) is 21.4 Å². The van der Waals surface area contributed by atoms with Crippen molar-refractivity contribution in [1.82, 2.24) is 5.32 Å². The van der Waals surface area contributed by atoms with Crippen LogP contribution in [0.2, 0.25) is 0 Å². The van der Waals surface area contributed by atoms with Crippen LogP contribution >= 0.6 is 11.3 Å². The van der Waals surface area contributed by atoms with Crippen molar-refractivity contribution >= 4 is 17.3 Å². The zero-order valence-corrected chi connectivity index (χ0v) is 12.6. The third-order valence-corrected chi connectivity index (χ3v) is 5.10. The van der Waals surface area contributed by atoms with Gasteiger partial charge in [-0.1, -0.05) is 0 Å². The summed E-state index contributed by atoms with van der Waals surface area (Å²) in [6, 6.07) is 2.26. The van der Waals surface area contributed by atoms with Gasteiger partial charge in [0.1, 0.15) is 0 Å². The van der Waals surface area contributed by atoms with Gasteiger partial charge in [0, 0.05) is 16.3 Å². The molecule has 1 aliphatic carbocycles. The first-order chi connectivity index (χ1) is 9.06. The second kappa shape index (κ2) is 6.53. The highest BCUT2D eigenvalue weighted by atomic mass is 32.1. The van der Waals surface area contributed by atoms with E-state index < -0.39 is 5.97 Å². The molecule has 0 bridgehead atoms. The SMILES string of the molecule is Cc1cc(CNCC2CCC(C(=O)O)CC2)c(C)s1. The van der Waals surface area contributed by atoms with Crippen LogP contribution in [0.1, 0.15) is 41.0 Å². The Morgan fingerprint density at radius 2 is 2.05 bits per heavy atom. The average Bonchev–Trinajstić information content (AvgIpc) is 2.68. The minimum atomic E-state index is -0.615. The second-order valence-corrected chi connectivity index (χ2v) is 7.09. The van der Waals surface area contributed by atoms with Gasteiger partial charge in [0.05, 0.1) is 5.92 Å². The molecule has 1 aromatic heterocycles. The predicted molar refractivity (Wildman–Crippen MR) is 78.6 cm³/mol. The number of rotatable bonds is 5. The van der Waals surface area contributed by atoms with E-state index in [1.165, 1.54) is 15.3 Å². The molecule has 0 saturated heterocycles. The smallest absolute Gasteiger partial charge is 0.306 e. The molecule has 0 aliphatic heterocycles. The number of aryl methyl sites for hydroxylation is 2. The van der Waals surface area contributed by atoms with E-state index >= 15 is 0 Å². The summed E-state index contributed by atoms with van der Waals surface area (Å²) in [7, 11) is 0. The molecule has 106 valence electrons. The highest BCUT2D eigenvalue weighted by Crippen LogP contribution is 2.28. The van der Waals surface area contributed by atoms with Crippen LogP contribution in [-0.4, -0.2) is 17.6 Å². The molecule has 3 nitrogen and oxygen atoms in total. The molecular formula is C15H23NO2S. The van der Waals surface area contributed by atoms with Gasteiger partial charge in [-0.15, -0.1) is 11.3 Å². The number of hydrogen-bond acceptors (Lipinski definition) is 3. The molecule has 1 fully saturated rings. The van der Waals surface area contributed by atoms with Crippen LogP contribution in [0.3, 0.4) is 0 Å². The van der Waals surface area contributed by atoms with Gasteiger partial charge >= 0.3 is 5.97 Å². The van der Waals surface area contributed by atoms with Gasteiger partial charge in [-0.05, 0) is 63.6 Å². The highest BCUT2D eigenvalue weighted by Gasteiger charge is 2.25. The van der Waals surface area contributed by atoms with E-state index in [1.54, 1.807) is 0 Å². The van der Waals surface area contributed by atoms with Crippen LogP contribution in [-0.2, 0) is 11.3 Å². The minimum absolute atomic E-state index is 0.0991. The lowest BCUT2D eigenvalue weighted by Crippen LogP contribution is -2.28. The van der Waals surface area contributed by atoms with Crippen molar-refractivity contribution in [2.75, 3.05) is 6.54 Å². The van der Waals surface area contributed by atoms with E-state index in [0.717, 1.165) is 38.8 Å². The molecule has 0 radical (unpaired) electrons. The van der Waals surface area contributed by atoms with Crippen molar-refractivity contribution in [2.45, 2.75) is 46.1 Å². The Bertz CT molecular complexity index is 433. The first kappa shape index (κ1) is 14.5. The lowest BCUT2D eigenvalue weighted by Gasteiger charge is -2.26. The molecule has 1 aliphatic rings. The molecule has 0 aromatic carbocycles. The molecule has 0 atom stereocenters. The maximum absolute atomic E-state index is 10.9. The molecular weight excluding hydrogens is 258 g/mol. The van der Waals surface area contributed by atoms with Gasteiger partial charge in [-0.2, -0.15) is 0 Å².